The first-order valence-electron chi connectivity index (χ1n) is 20.4. The second kappa shape index (κ2) is 13.8. The molecule has 4 rings (SSSR count). The monoisotopic (exact) mass is 664 g/mol. The van der Waals surface area contributed by atoms with Crippen molar-refractivity contribution in [2.75, 3.05) is 0 Å². The van der Waals surface area contributed by atoms with Crippen LogP contribution in [0.5, 0.6) is 5.75 Å². The van der Waals surface area contributed by atoms with Crippen LogP contribution in [0.2, 0.25) is 0 Å². The highest BCUT2D eigenvalue weighted by Gasteiger charge is 2.49. The normalized spacial score (nSPS) is 39.4. The SMILES string of the molecule is CC1C(C)C(CC2C(C)C(C)C(CC3CC(C)(C)NC(C)(C)C3)C(C)C2C)C(C)C(C)C1Cc1cc(C(C)(C)C)c(O)c(C(C)(C)C)c1. The van der Waals surface area contributed by atoms with Gasteiger partial charge in [0.05, 0.1) is 0 Å². The molecule has 3 fully saturated rings. The van der Waals surface area contributed by atoms with Gasteiger partial charge in [-0.2, -0.15) is 0 Å². The van der Waals surface area contributed by atoms with E-state index in [0.717, 1.165) is 76.7 Å². The summed E-state index contributed by atoms with van der Waals surface area (Å²) in [4.78, 5) is 0. The maximum atomic E-state index is 11.4. The van der Waals surface area contributed by atoms with Crippen molar-refractivity contribution in [3.8, 4) is 5.75 Å². The Morgan fingerprint density at radius 1 is 0.562 bits per heavy atom. The lowest BCUT2D eigenvalue weighted by Crippen LogP contribution is -2.58. The van der Waals surface area contributed by atoms with E-state index in [1.807, 2.05) is 0 Å². The van der Waals surface area contributed by atoms with Gasteiger partial charge in [0.2, 0.25) is 0 Å². The fraction of sp³-hybridized carbons (Fsp3) is 0.870. The summed E-state index contributed by atoms with van der Waals surface area (Å²) in [5, 5.41) is 15.3. The van der Waals surface area contributed by atoms with Crippen LogP contribution in [0.1, 0.15) is 167 Å². The summed E-state index contributed by atoms with van der Waals surface area (Å²) in [5.74, 6) is 10.4. The second-order valence-corrected chi connectivity index (χ2v) is 21.9. The quantitative estimate of drug-likeness (QED) is 0.317. The molecule has 1 aromatic carbocycles. The molecule has 8 atom stereocenters. The van der Waals surface area contributed by atoms with Gasteiger partial charge in [-0.15, -0.1) is 0 Å². The topological polar surface area (TPSA) is 32.3 Å². The molecule has 1 heterocycles. The van der Waals surface area contributed by atoms with Gasteiger partial charge in [-0.1, -0.05) is 109 Å². The summed E-state index contributed by atoms with van der Waals surface area (Å²) in [6.45, 7) is 44.1. The molecule has 0 amide bonds. The Bertz CT molecular complexity index is 1160. The molecule has 2 heteroatoms. The number of hydrogen-bond donors (Lipinski definition) is 2. The summed E-state index contributed by atoms with van der Waals surface area (Å²) >= 11 is 0. The van der Waals surface area contributed by atoms with Crippen molar-refractivity contribution >= 4 is 0 Å². The summed E-state index contributed by atoms with van der Waals surface area (Å²) < 4.78 is 0. The average molecular weight is 664 g/mol. The zero-order valence-corrected chi connectivity index (χ0v) is 35.1. The summed E-state index contributed by atoms with van der Waals surface area (Å²) in [7, 11) is 0. The van der Waals surface area contributed by atoms with Crippen molar-refractivity contribution in [3.63, 3.8) is 0 Å². The van der Waals surface area contributed by atoms with E-state index in [4.69, 9.17) is 0 Å². The molecular formula is C46H81NO. The van der Waals surface area contributed by atoms with E-state index in [1.165, 1.54) is 31.2 Å². The van der Waals surface area contributed by atoms with Crippen LogP contribution in [0.3, 0.4) is 0 Å². The Balaban J connectivity index is 1.51. The average Bonchev–Trinajstić information content (AvgIpc) is 2.93. The first kappa shape index (κ1) is 39.8. The minimum absolute atomic E-state index is 0.0863. The standard InChI is InChI=1S/C46H81NO/c1-26-30(5)38(31(6)27(2)36(26)19-34-21-40(43(9,10)11)42(48)41(22-34)44(12,13)14)23-39-32(7)28(3)37(29(4)33(39)8)20-35-24-45(15,16)47-46(17,18)25-35/h21-22,26-33,35-39,47-48H,19-20,23-25H2,1-18H3. The Labute approximate surface area is 299 Å². The van der Waals surface area contributed by atoms with Gasteiger partial charge in [-0.05, 0) is 164 Å². The number of phenols is 1. The smallest absolute Gasteiger partial charge is 0.123 e. The third kappa shape index (κ3) is 8.20. The molecule has 1 aromatic rings. The fourth-order valence-electron chi connectivity index (χ4n) is 12.3. The molecule has 1 saturated heterocycles. The van der Waals surface area contributed by atoms with Gasteiger partial charge < -0.3 is 10.4 Å². The third-order valence-corrected chi connectivity index (χ3v) is 15.4. The lowest BCUT2D eigenvalue weighted by Gasteiger charge is -2.55. The molecule has 0 bridgehead atoms. The van der Waals surface area contributed by atoms with Crippen molar-refractivity contribution in [3.05, 3.63) is 28.8 Å². The first-order chi connectivity index (χ1) is 21.8. The molecular weight excluding hydrogens is 583 g/mol. The number of nitrogens with one attached hydrogen (secondary N) is 1. The Kier molecular flexibility index (Phi) is 11.5. The predicted octanol–water partition coefficient (Wildman–Crippen LogP) is 12.4. The van der Waals surface area contributed by atoms with Gasteiger partial charge in [0.1, 0.15) is 5.75 Å². The van der Waals surface area contributed by atoms with Gasteiger partial charge in [-0.25, -0.2) is 0 Å². The summed E-state index contributed by atoms with van der Waals surface area (Å²) in [6.07, 6.45) is 6.56. The lowest BCUT2D eigenvalue weighted by atomic mass is 9.51. The number of phenolic OH excluding ortho intramolecular Hbond substituents is 1. The van der Waals surface area contributed by atoms with E-state index in [9.17, 15) is 5.11 Å². The number of benzene rings is 1. The van der Waals surface area contributed by atoms with Gasteiger partial charge in [0, 0.05) is 11.1 Å². The van der Waals surface area contributed by atoms with Crippen molar-refractivity contribution in [2.24, 2.45) is 76.9 Å². The molecule has 8 unspecified atom stereocenters. The number of hydrogen-bond acceptors (Lipinski definition) is 2. The summed E-state index contributed by atoms with van der Waals surface area (Å²) in [5.41, 5.74) is 3.93. The van der Waals surface area contributed by atoms with E-state index in [2.05, 4.69) is 142 Å². The van der Waals surface area contributed by atoms with Crippen LogP contribution >= 0.6 is 0 Å². The number of piperidine rings is 1. The van der Waals surface area contributed by atoms with E-state index in [0.29, 0.717) is 23.5 Å². The van der Waals surface area contributed by atoms with Crippen molar-refractivity contribution in [2.45, 2.75) is 179 Å². The Hall–Kier alpha value is -1.02. The van der Waals surface area contributed by atoms with Crippen molar-refractivity contribution < 1.29 is 5.11 Å². The molecule has 1 aliphatic heterocycles. The van der Waals surface area contributed by atoms with Crippen LogP contribution < -0.4 is 5.32 Å². The van der Waals surface area contributed by atoms with Crippen molar-refractivity contribution in [1.82, 2.24) is 5.32 Å². The zero-order valence-electron chi connectivity index (χ0n) is 35.1. The highest BCUT2D eigenvalue weighted by atomic mass is 16.3. The highest BCUT2D eigenvalue weighted by molar-refractivity contribution is 5.50. The minimum atomic E-state index is -0.0863. The molecule has 0 aromatic heterocycles. The lowest BCUT2D eigenvalue weighted by molar-refractivity contribution is -0.0528. The predicted molar refractivity (Wildman–Crippen MR) is 210 cm³/mol. The summed E-state index contributed by atoms with van der Waals surface area (Å²) in [6, 6.07) is 4.70. The van der Waals surface area contributed by atoms with Gasteiger partial charge in [0.15, 0.2) is 0 Å². The van der Waals surface area contributed by atoms with Crippen LogP contribution in [0.4, 0.5) is 0 Å². The van der Waals surface area contributed by atoms with Crippen LogP contribution in [0.15, 0.2) is 12.1 Å². The molecule has 2 N–H and O–H groups in total. The van der Waals surface area contributed by atoms with E-state index in [1.54, 1.807) is 0 Å². The number of aromatic hydroxyl groups is 1. The van der Waals surface area contributed by atoms with Crippen LogP contribution in [-0.2, 0) is 17.3 Å². The highest BCUT2D eigenvalue weighted by Crippen LogP contribution is 2.55. The second-order valence-electron chi connectivity index (χ2n) is 21.9. The molecule has 2 aliphatic carbocycles. The van der Waals surface area contributed by atoms with Gasteiger partial charge in [-0.3, -0.25) is 0 Å². The molecule has 48 heavy (non-hydrogen) atoms. The number of rotatable bonds is 6. The third-order valence-electron chi connectivity index (χ3n) is 15.4. The van der Waals surface area contributed by atoms with Gasteiger partial charge >= 0.3 is 0 Å². The maximum absolute atomic E-state index is 11.4. The fourth-order valence-corrected chi connectivity index (χ4v) is 12.3. The Morgan fingerprint density at radius 3 is 1.21 bits per heavy atom. The van der Waals surface area contributed by atoms with E-state index in [-0.39, 0.29) is 21.9 Å². The molecule has 2 nitrogen and oxygen atoms in total. The minimum Gasteiger partial charge on any atom is -0.507 e. The zero-order chi connectivity index (χ0) is 36.5. The van der Waals surface area contributed by atoms with Crippen LogP contribution in [-0.4, -0.2) is 16.2 Å². The van der Waals surface area contributed by atoms with E-state index >= 15 is 0 Å². The first-order valence-corrected chi connectivity index (χ1v) is 20.4. The van der Waals surface area contributed by atoms with Crippen molar-refractivity contribution in [1.29, 1.82) is 0 Å². The molecule has 276 valence electrons. The molecule has 2 saturated carbocycles. The maximum Gasteiger partial charge on any atom is 0.123 e. The molecule has 0 spiro atoms. The van der Waals surface area contributed by atoms with E-state index < -0.39 is 0 Å². The molecule has 3 aliphatic rings. The van der Waals surface area contributed by atoms with Gasteiger partial charge in [0.25, 0.3) is 0 Å². The Morgan fingerprint density at radius 2 is 0.875 bits per heavy atom. The largest absolute Gasteiger partial charge is 0.507 e. The molecule has 0 radical (unpaired) electrons. The van der Waals surface area contributed by atoms with Crippen LogP contribution in [0, 0.1) is 76.9 Å². The van der Waals surface area contributed by atoms with Crippen LogP contribution in [0.25, 0.3) is 0 Å².